The maximum atomic E-state index is 10.8. The van der Waals surface area contributed by atoms with Crippen LogP contribution in [0.3, 0.4) is 0 Å². The number of carbonyl (C=O) groups is 1. The highest BCUT2D eigenvalue weighted by Crippen LogP contribution is 2.18. The summed E-state index contributed by atoms with van der Waals surface area (Å²) in [6.45, 7) is 7.89. The molecule has 0 N–H and O–H groups in total. The van der Waals surface area contributed by atoms with Crippen molar-refractivity contribution in [3.8, 4) is 0 Å². The predicted octanol–water partition coefficient (Wildman–Crippen LogP) is 2.58. The van der Waals surface area contributed by atoms with E-state index in [0.29, 0.717) is 0 Å². The first-order valence-corrected chi connectivity index (χ1v) is 4.93. The lowest BCUT2D eigenvalue weighted by molar-refractivity contribution is -0.134. The molecule has 0 fully saturated rings. The second-order valence-corrected chi connectivity index (χ2v) is 3.56. The number of ether oxygens (including phenoxy) is 1. The third kappa shape index (κ3) is 3.05. The maximum Gasteiger partial charge on any atom is 0.332 e. The highest BCUT2D eigenvalue weighted by atomic mass is 16.5. The van der Waals surface area contributed by atoms with Gasteiger partial charge in [0.15, 0.2) is 0 Å². The zero-order valence-corrected chi connectivity index (χ0v) is 9.78. The quantitative estimate of drug-likeness (QED) is 0.526. The number of nitrogens with zero attached hydrogens (tertiary/aromatic N) is 1. The van der Waals surface area contributed by atoms with E-state index >= 15 is 0 Å². The number of aliphatic imine (C=N–C) groups is 1. The summed E-state index contributed by atoms with van der Waals surface area (Å²) in [5, 5.41) is 0. The fourth-order valence-electron chi connectivity index (χ4n) is 1.47. The Labute approximate surface area is 95.5 Å². The molecule has 3 nitrogen and oxygen atoms in total. The Morgan fingerprint density at radius 1 is 1.44 bits per heavy atom. The summed E-state index contributed by atoms with van der Waals surface area (Å²) in [6, 6.07) is 0. The van der Waals surface area contributed by atoms with Gasteiger partial charge in [0.25, 0.3) is 0 Å². The molecule has 1 rings (SSSR count). The van der Waals surface area contributed by atoms with Crippen LogP contribution < -0.4 is 0 Å². The fourth-order valence-corrected chi connectivity index (χ4v) is 1.47. The minimum Gasteiger partial charge on any atom is -0.466 e. The van der Waals surface area contributed by atoms with E-state index < -0.39 is 5.97 Å². The molecule has 84 valence electrons. The van der Waals surface area contributed by atoms with Crippen molar-refractivity contribution in [2.75, 3.05) is 7.11 Å². The Hall–Kier alpha value is -1.90. The standard InChI is InChI=1S/C13H15NO2/c1-9-7-10(2)13(11(3)8-9)14-6-5-12(15)16-4/h5-8H,2H2,1,3-4H3/b6-5+,14-13?. The van der Waals surface area contributed by atoms with Crippen molar-refractivity contribution in [2.45, 2.75) is 13.8 Å². The molecule has 1 aliphatic carbocycles. The number of methoxy groups -OCH3 is 1. The number of hydrogen-bond acceptors (Lipinski definition) is 3. The molecule has 0 amide bonds. The van der Waals surface area contributed by atoms with E-state index in [1.165, 1.54) is 19.4 Å². The van der Waals surface area contributed by atoms with E-state index in [-0.39, 0.29) is 0 Å². The summed E-state index contributed by atoms with van der Waals surface area (Å²) in [6.07, 6.45) is 6.69. The smallest absolute Gasteiger partial charge is 0.332 e. The average Bonchev–Trinajstić information content (AvgIpc) is 2.21. The summed E-state index contributed by atoms with van der Waals surface area (Å²) >= 11 is 0. The summed E-state index contributed by atoms with van der Waals surface area (Å²) < 4.78 is 4.47. The van der Waals surface area contributed by atoms with Gasteiger partial charge in [-0.25, -0.2) is 4.79 Å². The Kier molecular flexibility index (Phi) is 4.00. The molecule has 0 heterocycles. The Morgan fingerprint density at radius 2 is 2.12 bits per heavy atom. The topological polar surface area (TPSA) is 38.7 Å². The SMILES string of the molecule is C=C1C=C(C)C=C(C)C1=N/C=C/C(=O)OC. The third-order valence-electron chi connectivity index (χ3n) is 2.14. The normalized spacial score (nSPS) is 18.7. The van der Waals surface area contributed by atoms with Crippen LogP contribution in [-0.2, 0) is 9.53 Å². The lowest BCUT2D eigenvalue weighted by Gasteiger charge is -2.12. The Morgan fingerprint density at radius 3 is 2.69 bits per heavy atom. The van der Waals surface area contributed by atoms with Crippen molar-refractivity contribution in [3.05, 3.63) is 47.7 Å². The zero-order valence-electron chi connectivity index (χ0n) is 9.78. The molecule has 1 aliphatic rings. The highest BCUT2D eigenvalue weighted by Gasteiger charge is 2.09. The maximum absolute atomic E-state index is 10.8. The van der Waals surface area contributed by atoms with Gasteiger partial charge in [-0.15, -0.1) is 0 Å². The highest BCUT2D eigenvalue weighted by molar-refractivity contribution is 6.15. The first-order chi connectivity index (χ1) is 7.54. The van der Waals surface area contributed by atoms with Gasteiger partial charge in [-0.2, -0.15) is 0 Å². The van der Waals surface area contributed by atoms with Gasteiger partial charge in [-0.05, 0) is 25.0 Å². The van der Waals surface area contributed by atoms with Gasteiger partial charge < -0.3 is 4.74 Å². The van der Waals surface area contributed by atoms with Gasteiger partial charge in [0.1, 0.15) is 0 Å². The summed E-state index contributed by atoms with van der Waals surface area (Å²) in [4.78, 5) is 15.0. The van der Waals surface area contributed by atoms with E-state index in [4.69, 9.17) is 0 Å². The molecular weight excluding hydrogens is 202 g/mol. The third-order valence-corrected chi connectivity index (χ3v) is 2.14. The van der Waals surface area contributed by atoms with Crippen LogP contribution in [0.1, 0.15) is 13.8 Å². The molecule has 16 heavy (non-hydrogen) atoms. The van der Waals surface area contributed by atoms with Crippen molar-refractivity contribution in [3.63, 3.8) is 0 Å². The fraction of sp³-hybridized carbons (Fsp3) is 0.231. The van der Waals surface area contributed by atoms with Crippen LogP contribution in [0.25, 0.3) is 0 Å². The van der Waals surface area contributed by atoms with Crippen LogP contribution >= 0.6 is 0 Å². The van der Waals surface area contributed by atoms with Gasteiger partial charge >= 0.3 is 5.97 Å². The van der Waals surface area contributed by atoms with Crippen LogP contribution in [0.5, 0.6) is 0 Å². The van der Waals surface area contributed by atoms with Gasteiger partial charge in [0.05, 0.1) is 12.8 Å². The summed E-state index contributed by atoms with van der Waals surface area (Å²) in [7, 11) is 1.33. The molecule has 0 aliphatic heterocycles. The summed E-state index contributed by atoms with van der Waals surface area (Å²) in [5.74, 6) is -0.417. The average molecular weight is 217 g/mol. The van der Waals surface area contributed by atoms with Gasteiger partial charge in [-0.3, -0.25) is 4.99 Å². The molecule has 0 radical (unpaired) electrons. The molecule has 0 atom stereocenters. The van der Waals surface area contributed by atoms with Crippen molar-refractivity contribution in [1.29, 1.82) is 0 Å². The Bertz CT molecular complexity index is 437. The predicted molar refractivity (Wildman–Crippen MR) is 65.2 cm³/mol. The number of esters is 1. The van der Waals surface area contributed by atoms with Crippen molar-refractivity contribution in [1.82, 2.24) is 0 Å². The van der Waals surface area contributed by atoms with E-state index in [2.05, 4.69) is 16.3 Å². The summed E-state index contributed by atoms with van der Waals surface area (Å²) in [5.41, 5.74) is 3.84. The number of carbonyl (C=O) groups excluding carboxylic acids is 1. The minimum absolute atomic E-state index is 0.417. The van der Waals surface area contributed by atoms with Crippen LogP contribution in [0, 0.1) is 0 Å². The monoisotopic (exact) mass is 217 g/mol. The van der Waals surface area contributed by atoms with E-state index in [1.54, 1.807) is 0 Å². The van der Waals surface area contributed by atoms with Crippen LogP contribution in [-0.4, -0.2) is 18.8 Å². The van der Waals surface area contributed by atoms with Crippen LogP contribution in [0.2, 0.25) is 0 Å². The van der Waals surface area contributed by atoms with Gasteiger partial charge in [0, 0.05) is 12.3 Å². The van der Waals surface area contributed by atoms with E-state index in [9.17, 15) is 4.79 Å². The van der Waals surface area contributed by atoms with Gasteiger partial charge in [0.2, 0.25) is 0 Å². The van der Waals surface area contributed by atoms with Crippen LogP contribution in [0.4, 0.5) is 0 Å². The molecule has 0 aromatic heterocycles. The Balaban J connectivity index is 2.86. The molecular formula is C13H15NO2. The van der Waals surface area contributed by atoms with E-state index in [0.717, 1.165) is 22.4 Å². The molecule has 0 aromatic rings. The number of allylic oxidation sites excluding steroid dienone is 5. The second-order valence-electron chi connectivity index (χ2n) is 3.56. The molecule has 0 unspecified atom stereocenters. The molecule has 0 spiro atoms. The molecule has 3 heteroatoms. The number of hydrogen-bond donors (Lipinski definition) is 0. The molecule has 0 saturated carbocycles. The molecule has 0 saturated heterocycles. The van der Waals surface area contributed by atoms with Gasteiger partial charge in [-0.1, -0.05) is 24.3 Å². The molecule has 0 aromatic carbocycles. The zero-order chi connectivity index (χ0) is 12.1. The largest absolute Gasteiger partial charge is 0.466 e. The minimum atomic E-state index is -0.417. The lowest BCUT2D eigenvalue weighted by Crippen LogP contribution is -2.06. The first-order valence-electron chi connectivity index (χ1n) is 4.93. The van der Waals surface area contributed by atoms with Crippen LogP contribution in [0.15, 0.2) is 52.7 Å². The van der Waals surface area contributed by atoms with Crippen molar-refractivity contribution < 1.29 is 9.53 Å². The second kappa shape index (κ2) is 5.26. The molecule has 0 bridgehead atoms. The van der Waals surface area contributed by atoms with E-state index in [1.807, 2.05) is 26.0 Å². The number of rotatable bonds is 2. The first kappa shape index (κ1) is 12.2. The van der Waals surface area contributed by atoms with Crippen molar-refractivity contribution in [2.24, 2.45) is 4.99 Å². The van der Waals surface area contributed by atoms with Crippen molar-refractivity contribution >= 4 is 11.7 Å². The lowest BCUT2D eigenvalue weighted by atomic mass is 9.96.